The molecule has 0 heterocycles. The van der Waals surface area contributed by atoms with Crippen molar-refractivity contribution in [3.05, 3.63) is 29.8 Å². The maximum Gasteiger partial charge on any atom is 0.250 e. The van der Waals surface area contributed by atoms with Gasteiger partial charge in [-0.25, -0.2) is 8.78 Å². The highest BCUT2D eigenvalue weighted by molar-refractivity contribution is 5.71. The molecular formula is C12H12F2O2. The molecule has 1 aliphatic rings. The van der Waals surface area contributed by atoms with E-state index in [4.69, 9.17) is 4.74 Å². The number of rotatable bonds is 3. The van der Waals surface area contributed by atoms with Crippen LogP contribution in [0.5, 0.6) is 5.75 Å². The Morgan fingerprint density at radius 2 is 1.81 bits per heavy atom. The van der Waals surface area contributed by atoms with E-state index < -0.39 is 24.2 Å². The summed E-state index contributed by atoms with van der Waals surface area (Å²) >= 11 is 0. The molecule has 0 radical (unpaired) electrons. The van der Waals surface area contributed by atoms with Crippen molar-refractivity contribution in [1.29, 1.82) is 0 Å². The summed E-state index contributed by atoms with van der Waals surface area (Å²) in [7, 11) is 1.53. The van der Waals surface area contributed by atoms with Gasteiger partial charge in [-0.15, -0.1) is 0 Å². The van der Waals surface area contributed by atoms with E-state index in [0.717, 1.165) is 0 Å². The Kier molecular flexibility index (Phi) is 2.45. The Labute approximate surface area is 92.2 Å². The molecule has 0 aliphatic heterocycles. The van der Waals surface area contributed by atoms with Crippen molar-refractivity contribution < 1.29 is 18.3 Å². The van der Waals surface area contributed by atoms with E-state index in [2.05, 4.69) is 0 Å². The molecule has 0 saturated heterocycles. The van der Waals surface area contributed by atoms with Gasteiger partial charge in [-0.2, -0.15) is 0 Å². The van der Waals surface area contributed by atoms with Gasteiger partial charge >= 0.3 is 0 Å². The molecule has 1 saturated carbocycles. The minimum Gasteiger partial charge on any atom is -0.497 e. The van der Waals surface area contributed by atoms with E-state index in [1.165, 1.54) is 7.11 Å². The number of carbonyl (C=O) groups is 1. The first-order valence-corrected chi connectivity index (χ1v) is 5.00. The highest BCUT2D eigenvalue weighted by Gasteiger charge is 2.57. The second kappa shape index (κ2) is 3.54. The van der Waals surface area contributed by atoms with Crippen molar-refractivity contribution in [2.75, 3.05) is 7.11 Å². The van der Waals surface area contributed by atoms with E-state index in [-0.39, 0.29) is 0 Å². The molecule has 0 spiro atoms. The van der Waals surface area contributed by atoms with Crippen LogP contribution in [0.15, 0.2) is 24.3 Å². The lowest BCUT2D eigenvalue weighted by atomic mass is 9.63. The van der Waals surface area contributed by atoms with Gasteiger partial charge in [0, 0.05) is 12.8 Å². The van der Waals surface area contributed by atoms with E-state index in [1.807, 2.05) is 0 Å². The van der Waals surface area contributed by atoms with Gasteiger partial charge in [0.05, 0.1) is 12.5 Å². The Hall–Kier alpha value is -1.45. The third-order valence-electron chi connectivity index (χ3n) is 3.04. The highest BCUT2D eigenvalue weighted by Crippen LogP contribution is 2.52. The minimum atomic E-state index is -2.71. The number of ether oxygens (including phenoxy) is 1. The third-order valence-corrected chi connectivity index (χ3v) is 3.04. The molecule has 2 rings (SSSR count). The predicted octanol–water partition coefficient (Wildman–Crippen LogP) is 2.56. The van der Waals surface area contributed by atoms with Gasteiger partial charge in [0.25, 0.3) is 5.92 Å². The van der Waals surface area contributed by atoms with Crippen LogP contribution in [0.2, 0.25) is 0 Å². The van der Waals surface area contributed by atoms with Crippen molar-refractivity contribution in [2.45, 2.75) is 24.2 Å². The van der Waals surface area contributed by atoms with Gasteiger partial charge in [0.2, 0.25) is 0 Å². The summed E-state index contributed by atoms with van der Waals surface area (Å²) in [5, 5.41) is 0. The predicted molar refractivity (Wildman–Crippen MR) is 54.9 cm³/mol. The number of halogens is 2. The fourth-order valence-electron chi connectivity index (χ4n) is 2.15. The van der Waals surface area contributed by atoms with Crippen LogP contribution in [-0.2, 0) is 10.2 Å². The van der Waals surface area contributed by atoms with Gasteiger partial charge in [-0.1, -0.05) is 12.1 Å². The molecule has 0 bridgehead atoms. The maximum absolute atomic E-state index is 12.9. The zero-order valence-corrected chi connectivity index (χ0v) is 8.87. The van der Waals surface area contributed by atoms with E-state index >= 15 is 0 Å². The van der Waals surface area contributed by atoms with Gasteiger partial charge in [-0.3, -0.25) is 0 Å². The molecule has 16 heavy (non-hydrogen) atoms. The summed E-state index contributed by atoms with van der Waals surface area (Å²) in [6, 6.07) is 6.69. The van der Waals surface area contributed by atoms with Crippen LogP contribution >= 0.6 is 0 Å². The fourth-order valence-corrected chi connectivity index (χ4v) is 2.15. The molecule has 4 heteroatoms. The summed E-state index contributed by atoms with van der Waals surface area (Å²) < 4.78 is 30.7. The molecule has 0 atom stereocenters. The smallest absolute Gasteiger partial charge is 0.250 e. The first-order valence-electron chi connectivity index (χ1n) is 5.00. The molecule has 86 valence electrons. The Balaban J connectivity index is 2.25. The highest BCUT2D eigenvalue weighted by atomic mass is 19.3. The molecule has 1 aromatic rings. The lowest BCUT2D eigenvalue weighted by Crippen LogP contribution is -2.50. The molecule has 0 aromatic heterocycles. The molecule has 0 unspecified atom stereocenters. The number of hydrogen-bond acceptors (Lipinski definition) is 2. The molecule has 1 fully saturated rings. The normalized spacial score (nSPS) is 20.9. The lowest BCUT2D eigenvalue weighted by molar-refractivity contribution is -0.146. The number of methoxy groups -OCH3 is 1. The molecular weight excluding hydrogens is 214 g/mol. The third kappa shape index (κ3) is 1.68. The van der Waals surface area contributed by atoms with Crippen LogP contribution in [-0.4, -0.2) is 19.3 Å². The van der Waals surface area contributed by atoms with Crippen molar-refractivity contribution in [3.63, 3.8) is 0 Å². The average molecular weight is 226 g/mol. The zero-order chi connectivity index (χ0) is 11.8. The van der Waals surface area contributed by atoms with Crippen LogP contribution in [0.25, 0.3) is 0 Å². The quantitative estimate of drug-likeness (QED) is 0.740. The topological polar surface area (TPSA) is 26.3 Å². The molecule has 1 aromatic carbocycles. The minimum absolute atomic E-state index is 0.393. The Morgan fingerprint density at radius 1 is 1.25 bits per heavy atom. The van der Waals surface area contributed by atoms with E-state index in [0.29, 0.717) is 17.6 Å². The van der Waals surface area contributed by atoms with Crippen molar-refractivity contribution in [2.24, 2.45) is 0 Å². The number of alkyl halides is 2. The van der Waals surface area contributed by atoms with Crippen molar-refractivity contribution >= 4 is 6.29 Å². The average Bonchev–Trinajstić information content (AvgIpc) is 2.25. The summed E-state index contributed by atoms with van der Waals surface area (Å²) in [6.07, 6.45) is -0.155. The molecule has 1 aliphatic carbocycles. The van der Waals surface area contributed by atoms with Crippen LogP contribution in [0.3, 0.4) is 0 Å². The van der Waals surface area contributed by atoms with Gasteiger partial charge in [0.1, 0.15) is 12.0 Å². The van der Waals surface area contributed by atoms with Crippen LogP contribution in [0.4, 0.5) is 8.78 Å². The monoisotopic (exact) mass is 226 g/mol. The summed E-state index contributed by atoms with van der Waals surface area (Å²) in [5.74, 6) is -2.06. The molecule has 2 nitrogen and oxygen atoms in total. The first kappa shape index (κ1) is 11.0. The standard InChI is InChI=1S/C12H12F2O2/c1-16-10-4-2-9(3-5-10)11(8-15)6-12(13,14)7-11/h2-5,8H,6-7H2,1H3. The van der Waals surface area contributed by atoms with Crippen LogP contribution < -0.4 is 4.74 Å². The van der Waals surface area contributed by atoms with Gasteiger partial charge < -0.3 is 9.53 Å². The van der Waals surface area contributed by atoms with Gasteiger partial charge in [0.15, 0.2) is 0 Å². The largest absolute Gasteiger partial charge is 0.497 e. The number of carbonyl (C=O) groups excluding carboxylic acids is 1. The summed E-state index contributed by atoms with van der Waals surface area (Å²) in [6.45, 7) is 0. The SMILES string of the molecule is COc1ccc(C2(C=O)CC(F)(F)C2)cc1. The van der Waals surface area contributed by atoms with Gasteiger partial charge in [-0.05, 0) is 17.7 Å². The molecule has 0 amide bonds. The summed E-state index contributed by atoms with van der Waals surface area (Å²) in [4.78, 5) is 11.0. The molecule has 0 N–H and O–H groups in total. The zero-order valence-electron chi connectivity index (χ0n) is 8.87. The van der Waals surface area contributed by atoms with Crippen LogP contribution in [0, 0.1) is 0 Å². The first-order chi connectivity index (χ1) is 7.51. The Morgan fingerprint density at radius 3 is 2.19 bits per heavy atom. The number of benzene rings is 1. The lowest BCUT2D eigenvalue weighted by Gasteiger charge is -2.43. The maximum atomic E-state index is 12.9. The van der Waals surface area contributed by atoms with Crippen LogP contribution in [0.1, 0.15) is 18.4 Å². The second-order valence-corrected chi connectivity index (χ2v) is 4.21. The second-order valence-electron chi connectivity index (χ2n) is 4.21. The van der Waals surface area contributed by atoms with Crippen molar-refractivity contribution in [3.8, 4) is 5.75 Å². The summed E-state index contributed by atoms with van der Waals surface area (Å²) in [5.41, 5.74) is -0.371. The van der Waals surface area contributed by atoms with E-state index in [1.54, 1.807) is 24.3 Å². The Bertz CT molecular complexity index is 390. The fraction of sp³-hybridized carbons (Fsp3) is 0.417. The van der Waals surface area contributed by atoms with Crippen molar-refractivity contribution in [1.82, 2.24) is 0 Å². The van der Waals surface area contributed by atoms with E-state index in [9.17, 15) is 13.6 Å². The number of hydrogen-bond donors (Lipinski definition) is 0. The number of aldehydes is 1.